The van der Waals surface area contributed by atoms with Gasteiger partial charge in [0.25, 0.3) is 0 Å². The van der Waals surface area contributed by atoms with Gasteiger partial charge in [0.1, 0.15) is 17.4 Å². The van der Waals surface area contributed by atoms with E-state index >= 15 is 0 Å². The SMILES string of the molecule is O=C(O)C(O)c1cc(O)c(C(C(=O)O)c2ccccc2)cc1O. The number of hydrogen-bond donors (Lipinski definition) is 5. The number of carboxylic acid groups (broad SMARTS) is 2. The number of hydrogen-bond acceptors (Lipinski definition) is 5. The Morgan fingerprint density at radius 1 is 0.826 bits per heavy atom. The van der Waals surface area contributed by atoms with E-state index in [1.165, 1.54) is 0 Å². The highest BCUT2D eigenvalue weighted by atomic mass is 16.4. The van der Waals surface area contributed by atoms with Gasteiger partial charge in [0.15, 0.2) is 6.10 Å². The number of benzene rings is 2. The summed E-state index contributed by atoms with van der Waals surface area (Å²) in [7, 11) is 0. The van der Waals surface area contributed by atoms with Crippen molar-refractivity contribution in [3.63, 3.8) is 0 Å². The summed E-state index contributed by atoms with van der Waals surface area (Å²) in [6.07, 6.45) is -2.03. The Morgan fingerprint density at radius 3 is 1.87 bits per heavy atom. The standard InChI is InChI=1S/C16H14O7/c17-11-7-10(14(19)16(22)23)12(18)6-9(11)13(15(20)21)8-4-2-1-3-5-8/h1-7,13-14,17-19H,(H,20,21)(H,22,23). The summed E-state index contributed by atoms with van der Waals surface area (Å²) >= 11 is 0. The molecule has 0 saturated heterocycles. The zero-order valence-corrected chi connectivity index (χ0v) is 11.7. The first-order chi connectivity index (χ1) is 10.8. The van der Waals surface area contributed by atoms with Gasteiger partial charge in [-0.15, -0.1) is 0 Å². The van der Waals surface area contributed by atoms with E-state index in [1.54, 1.807) is 30.3 Å². The molecule has 23 heavy (non-hydrogen) atoms. The lowest BCUT2D eigenvalue weighted by atomic mass is 9.89. The molecular formula is C16H14O7. The highest BCUT2D eigenvalue weighted by Crippen LogP contribution is 2.38. The number of aliphatic hydroxyl groups is 1. The van der Waals surface area contributed by atoms with Gasteiger partial charge in [-0.3, -0.25) is 4.79 Å². The van der Waals surface area contributed by atoms with Crippen LogP contribution in [0.1, 0.15) is 28.7 Å². The normalized spacial score (nSPS) is 13.3. The van der Waals surface area contributed by atoms with E-state index in [9.17, 15) is 30.0 Å². The Kier molecular flexibility index (Phi) is 4.52. The van der Waals surface area contributed by atoms with Gasteiger partial charge < -0.3 is 25.5 Å². The average molecular weight is 318 g/mol. The predicted octanol–water partition coefficient (Wildman–Crippen LogP) is 1.43. The number of phenols is 2. The van der Waals surface area contributed by atoms with Crippen LogP contribution in [0.3, 0.4) is 0 Å². The van der Waals surface area contributed by atoms with Crippen LogP contribution in [-0.2, 0) is 9.59 Å². The van der Waals surface area contributed by atoms with Gasteiger partial charge in [0, 0.05) is 11.1 Å². The van der Waals surface area contributed by atoms with Crippen LogP contribution in [0, 0.1) is 0 Å². The second-order valence-corrected chi connectivity index (χ2v) is 4.89. The molecule has 2 rings (SSSR count). The lowest BCUT2D eigenvalue weighted by Crippen LogP contribution is -2.15. The molecule has 0 aromatic heterocycles. The van der Waals surface area contributed by atoms with Crippen molar-refractivity contribution in [1.82, 2.24) is 0 Å². The number of aliphatic carboxylic acids is 2. The average Bonchev–Trinajstić information content (AvgIpc) is 2.50. The molecule has 2 aromatic rings. The molecule has 0 aliphatic rings. The second kappa shape index (κ2) is 6.37. The smallest absolute Gasteiger partial charge is 0.337 e. The summed E-state index contributed by atoms with van der Waals surface area (Å²) in [5, 5.41) is 47.6. The molecule has 0 bridgehead atoms. The fraction of sp³-hybridized carbons (Fsp3) is 0.125. The van der Waals surface area contributed by atoms with Gasteiger partial charge in [0.2, 0.25) is 0 Å². The molecule has 5 N–H and O–H groups in total. The van der Waals surface area contributed by atoms with Crippen molar-refractivity contribution in [3.05, 3.63) is 59.2 Å². The Hall–Kier alpha value is -3.06. The monoisotopic (exact) mass is 318 g/mol. The fourth-order valence-electron chi connectivity index (χ4n) is 2.29. The third-order valence-corrected chi connectivity index (χ3v) is 3.40. The van der Waals surface area contributed by atoms with E-state index in [-0.39, 0.29) is 5.56 Å². The van der Waals surface area contributed by atoms with Gasteiger partial charge in [-0.1, -0.05) is 30.3 Å². The molecule has 7 heteroatoms. The lowest BCUT2D eigenvalue weighted by molar-refractivity contribution is -0.147. The molecular weight excluding hydrogens is 304 g/mol. The molecule has 7 nitrogen and oxygen atoms in total. The van der Waals surface area contributed by atoms with Crippen LogP contribution < -0.4 is 0 Å². The molecule has 0 amide bonds. The van der Waals surface area contributed by atoms with Gasteiger partial charge in [-0.2, -0.15) is 0 Å². The fourth-order valence-corrected chi connectivity index (χ4v) is 2.29. The molecule has 2 aromatic carbocycles. The highest BCUT2D eigenvalue weighted by Gasteiger charge is 2.28. The Labute approximate surface area is 130 Å². The quantitative estimate of drug-likeness (QED) is 0.526. The van der Waals surface area contributed by atoms with Crippen molar-refractivity contribution >= 4 is 11.9 Å². The number of aromatic hydroxyl groups is 2. The van der Waals surface area contributed by atoms with E-state index in [0.717, 1.165) is 12.1 Å². The third-order valence-electron chi connectivity index (χ3n) is 3.40. The van der Waals surface area contributed by atoms with Crippen molar-refractivity contribution in [1.29, 1.82) is 0 Å². The van der Waals surface area contributed by atoms with Crippen LogP contribution in [0.2, 0.25) is 0 Å². The van der Waals surface area contributed by atoms with Crippen molar-refractivity contribution in [2.75, 3.05) is 0 Å². The molecule has 0 heterocycles. The number of carbonyl (C=O) groups is 2. The minimum absolute atomic E-state index is 0.109. The van der Waals surface area contributed by atoms with Gasteiger partial charge in [0.05, 0.1) is 0 Å². The molecule has 0 fully saturated rings. The van der Waals surface area contributed by atoms with Crippen molar-refractivity contribution in [3.8, 4) is 11.5 Å². The largest absolute Gasteiger partial charge is 0.508 e. The molecule has 2 atom stereocenters. The predicted molar refractivity (Wildman–Crippen MR) is 78.3 cm³/mol. The first-order valence-corrected chi connectivity index (χ1v) is 6.57. The highest BCUT2D eigenvalue weighted by molar-refractivity contribution is 5.82. The number of carboxylic acids is 2. The number of aliphatic hydroxyl groups excluding tert-OH is 1. The summed E-state index contributed by atoms with van der Waals surface area (Å²) in [6.45, 7) is 0. The van der Waals surface area contributed by atoms with E-state index in [2.05, 4.69) is 0 Å². The molecule has 0 radical (unpaired) electrons. The van der Waals surface area contributed by atoms with Crippen LogP contribution in [0.4, 0.5) is 0 Å². The Balaban J connectivity index is 2.56. The maximum Gasteiger partial charge on any atom is 0.337 e. The van der Waals surface area contributed by atoms with Gasteiger partial charge >= 0.3 is 11.9 Å². The molecule has 0 saturated carbocycles. The van der Waals surface area contributed by atoms with E-state index < -0.39 is 41.0 Å². The van der Waals surface area contributed by atoms with Gasteiger partial charge in [-0.25, -0.2) is 4.79 Å². The first-order valence-electron chi connectivity index (χ1n) is 6.57. The Bertz CT molecular complexity index is 740. The molecule has 0 spiro atoms. The van der Waals surface area contributed by atoms with Crippen LogP contribution in [0.25, 0.3) is 0 Å². The summed E-state index contributed by atoms with van der Waals surface area (Å²) < 4.78 is 0. The molecule has 0 aliphatic carbocycles. The summed E-state index contributed by atoms with van der Waals surface area (Å²) in [5.41, 5.74) is -0.153. The van der Waals surface area contributed by atoms with Crippen molar-refractivity contribution in [2.24, 2.45) is 0 Å². The van der Waals surface area contributed by atoms with Crippen LogP contribution in [0.5, 0.6) is 11.5 Å². The minimum Gasteiger partial charge on any atom is -0.508 e. The van der Waals surface area contributed by atoms with E-state index in [4.69, 9.17) is 5.11 Å². The van der Waals surface area contributed by atoms with Crippen molar-refractivity contribution < 1.29 is 35.1 Å². The van der Waals surface area contributed by atoms with Crippen LogP contribution in [0.15, 0.2) is 42.5 Å². The third kappa shape index (κ3) is 3.24. The molecule has 2 unspecified atom stereocenters. The van der Waals surface area contributed by atoms with E-state index in [0.29, 0.717) is 5.56 Å². The first kappa shape index (κ1) is 16.3. The maximum absolute atomic E-state index is 11.6. The van der Waals surface area contributed by atoms with Crippen molar-refractivity contribution in [2.45, 2.75) is 12.0 Å². The van der Waals surface area contributed by atoms with E-state index in [1.807, 2.05) is 0 Å². The molecule has 0 aliphatic heterocycles. The second-order valence-electron chi connectivity index (χ2n) is 4.89. The summed E-state index contributed by atoms with van der Waals surface area (Å²) in [5.74, 6) is -5.26. The maximum atomic E-state index is 11.6. The lowest BCUT2D eigenvalue weighted by Gasteiger charge is -2.17. The minimum atomic E-state index is -2.03. The van der Waals surface area contributed by atoms with Gasteiger partial charge in [-0.05, 0) is 17.7 Å². The number of phenolic OH excluding ortho intramolecular Hbond substituents is 2. The summed E-state index contributed by atoms with van der Waals surface area (Å²) in [6, 6.07) is 9.86. The van der Waals surface area contributed by atoms with Crippen LogP contribution in [-0.4, -0.2) is 37.5 Å². The molecule has 120 valence electrons. The topological polar surface area (TPSA) is 135 Å². The van der Waals surface area contributed by atoms with Crippen LogP contribution >= 0.6 is 0 Å². The zero-order chi connectivity index (χ0) is 17.1. The zero-order valence-electron chi connectivity index (χ0n) is 11.7. The Morgan fingerprint density at radius 2 is 1.35 bits per heavy atom. The number of rotatable bonds is 5. The summed E-state index contributed by atoms with van der Waals surface area (Å²) in [4.78, 5) is 22.3.